The first-order chi connectivity index (χ1) is 18.8. The zero-order valence-electron chi connectivity index (χ0n) is 21.0. The van der Waals surface area contributed by atoms with Crippen LogP contribution in [0.2, 0.25) is 5.02 Å². The van der Waals surface area contributed by atoms with Crippen molar-refractivity contribution in [2.75, 3.05) is 25.8 Å². The molecule has 1 fully saturated rings. The number of benzene rings is 3. The van der Waals surface area contributed by atoms with Gasteiger partial charge < -0.3 is 24.3 Å². The molecule has 200 valence electrons. The maximum Gasteiger partial charge on any atom is 0.266 e. The minimum Gasteiger partial charge on any atom is -0.493 e. The molecule has 2 amide bonds. The van der Waals surface area contributed by atoms with E-state index in [4.69, 9.17) is 42.8 Å². The number of rotatable bonds is 8. The molecule has 11 heteroatoms. The van der Waals surface area contributed by atoms with Crippen molar-refractivity contribution in [3.8, 4) is 23.0 Å². The maximum absolute atomic E-state index is 13.1. The molecule has 0 bridgehead atoms. The molecule has 1 N–H and O–H groups in total. The summed E-state index contributed by atoms with van der Waals surface area (Å²) in [5.74, 6) is 1.63. The zero-order chi connectivity index (χ0) is 27.5. The standard InChI is InChI=1S/C28H23ClN2O6S2/c1-16-3-6-19(29)12-20(16)30-26(32)14-35-21-7-4-17(9-23(21)34-2)11-25-27(33)31(28(38)39-25)13-18-5-8-22-24(10-18)37-15-36-22/h3-12H,13-15H2,1-2H3,(H,30,32)/b25-11-. The number of halogens is 1. The summed E-state index contributed by atoms with van der Waals surface area (Å²) in [4.78, 5) is 27.6. The Morgan fingerprint density at radius 1 is 1.13 bits per heavy atom. The van der Waals surface area contributed by atoms with Gasteiger partial charge in [0.1, 0.15) is 4.32 Å². The van der Waals surface area contributed by atoms with Crippen molar-refractivity contribution in [3.63, 3.8) is 0 Å². The fourth-order valence-electron chi connectivity index (χ4n) is 3.96. The summed E-state index contributed by atoms with van der Waals surface area (Å²) in [5.41, 5.74) is 3.11. The third-order valence-corrected chi connectivity index (χ3v) is 7.58. The Hall–Kier alpha value is -3.73. The van der Waals surface area contributed by atoms with Gasteiger partial charge in [0, 0.05) is 10.7 Å². The molecule has 0 unspecified atom stereocenters. The second kappa shape index (κ2) is 11.6. The molecule has 0 atom stereocenters. The van der Waals surface area contributed by atoms with Crippen LogP contribution in [0, 0.1) is 6.92 Å². The number of thioether (sulfide) groups is 1. The van der Waals surface area contributed by atoms with Crippen LogP contribution in [0.5, 0.6) is 23.0 Å². The maximum atomic E-state index is 13.1. The van der Waals surface area contributed by atoms with Crippen LogP contribution in [-0.2, 0) is 16.1 Å². The second-order valence-electron chi connectivity index (χ2n) is 8.66. The van der Waals surface area contributed by atoms with Crippen LogP contribution < -0.4 is 24.3 Å². The number of aryl methyl sites for hydroxylation is 1. The summed E-state index contributed by atoms with van der Waals surface area (Å²) < 4.78 is 22.4. The monoisotopic (exact) mass is 582 g/mol. The Kier molecular flexibility index (Phi) is 7.97. The van der Waals surface area contributed by atoms with Gasteiger partial charge in [-0.3, -0.25) is 14.5 Å². The second-order valence-corrected chi connectivity index (χ2v) is 10.8. The van der Waals surface area contributed by atoms with Crippen LogP contribution in [0.15, 0.2) is 59.5 Å². The van der Waals surface area contributed by atoms with E-state index in [-0.39, 0.29) is 25.2 Å². The third-order valence-electron chi connectivity index (χ3n) is 5.97. The van der Waals surface area contributed by atoms with Gasteiger partial charge in [-0.05, 0) is 66.1 Å². The molecule has 2 heterocycles. The average Bonchev–Trinajstić information content (AvgIpc) is 3.49. The highest BCUT2D eigenvalue weighted by molar-refractivity contribution is 8.26. The molecule has 0 spiro atoms. The Morgan fingerprint density at radius 3 is 2.77 bits per heavy atom. The van der Waals surface area contributed by atoms with Gasteiger partial charge in [-0.1, -0.05) is 53.8 Å². The topological polar surface area (TPSA) is 86.3 Å². The third kappa shape index (κ3) is 6.13. The van der Waals surface area contributed by atoms with E-state index in [1.165, 1.54) is 18.9 Å². The number of hydrogen-bond acceptors (Lipinski definition) is 8. The van der Waals surface area contributed by atoms with Crippen LogP contribution in [0.1, 0.15) is 16.7 Å². The number of carbonyl (C=O) groups is 2. The van der Waals surface area contributed by atoms with Gasteiger partial charge in [0.2, 0.25) is 6.79 Å². The van der Waals surface area contributed by atoms with Gasteiger partial charge >= 0.3 is 0 Å². The first kappa shape index (κ1) is 26.9. The molecule has 3 aromatic carbocycles. The molecule has 39 heavy (non-hydrogen) atoms. The number of anilines is 1. The van der Waals surface area contributed by atoms with Crippen LogP contribution in [0.25, 0.3) is 6.08 Å². The summed E-state index contributed by atoms with van der Waals surface area (Å²) in [6.07, 6.45) is 1.75. The fraction of sp³-hybridized carbons (Fsp3) is 0.179. The van der Waals surface area contributed by atoms with Gasteiger partial charge in [0.25, 0.3) is 11.8 Å². The molecule has 2 aliphatic rings. The molecular weight excluding hydrogens is 560 g/mol. The van der Waals surface area contributed by atoms with Gasteiger partial charge in [0.05, 0.1) is 18.6 Å². The normalized spacial score (nSPS) is 15.2. The molecular formula is C28H23ClN2O6S2. The minimum absolute atomic E-state index is 0.185. The molecule has 8 nitrogen and oxygen atoms in total. The van der Waals surface area contributed by atoms with Crippen molar-refractivity contribution in [1.82, 2.24) is 4.90 Å². The molecule has 3 aromatic rings. The quantitative estimate of drug-likeness (QED) is 0.263. The van der Waals surface area contributed by atoms with Gasteiger partial charge in [-0.25, -0.2) is 0 Å². The Morgan fingerprint density at radius 2 is 1.95 bits per heavy atom. The molecule has 2 aliphatic heterocycles. The van der Waals surface area contributed by atoms with E-state index < -0.39 is 0 Å². The highest BCUT2D eigenvalue weighted by atomic mass is 35.5. The number of carbonyl (C=O) groups excluding carboxylic acids is 2. The first-order valence-electron chi connectivity index (χ1n) is 11.8. The summed E-state index contributed by atoms with van der Waals surface area (Å²) in [6, 6.07) is 16.0. The van der Waals surface area contributed by atoms with Crippen molar-refractivity contribution < 1.29 is 28.5 Å². The summed E-state index contributed by atoms with van der Waals surface area (Å²) in [5, 5.41) is 3.32. The van der Waals surface area contributed by atoms with Crippen molar-refractivity contribution in [3.05, 3.63) is 81.2 Å². The van der Waals surface area contributed by atoms with E-state index in [0.717, 1.165) is 16.7 Å². The molecule has 0 radical (unpaired) electrons. The van der Waals surface area contributed by atoms with Crippen molar-refractivity contribution in [1.29, 1.82) is 0 Å². The number of amides is 2. The van der Waals surface area contributed by atoms with Crippen LogP contribution in [-0.4, -0.2) is 41.5 Å². The number of nitrogens with zero attached hydrogens (tertiary/aromatic N) is 1. The lowest BCUT2D eigenvalue weighted by atomic mass is 10.1. The van der Waals surface area contributed by atoms with Gasteiger partial charge in [0.15, 0.2) is 29.6 Å². The lowest BCUT2D eigenvalue weighted by Crippen LogP contribution is -2.27. The van der Waals surface area contributed by atoms with Crippen LogP contribution in [0.4, 0.5) is 5.69 Å². The Balaban J connectivity index is 1.24. The molecule has 0 saturated carbocycles. The number of ether oxygens (including phenoxy) is 4. The predicted molar refractivity (Wildman–Crippen MR) is 155 cm³/mol. The van der Waals surface area contributed by atoms with Gasteiger partial charge in [-0.15, -0.1) is 0 Å². The Bertz CT molecular complexity index is 1510. The summed E-state index contributed by atoms with van der Waals surface area (Å²) >= 11 is 12.7. The molecule has 5 rings (SSSR count). The lowest BCUT2D eigenvalue weighted by Gasteiger charge is -2.14. The highest BCUT2D eigenvalue weighted by Crippen LogP contribution is 2.37. The van der Waals surface area contributed by atoms with E-state index in [1.54, 1.807) is 41.3 Å². The predicted octanol–water partition coefficient (Wildman–Crippen LogP) is 5.80. The van der Waals surface area contributed by atoms with E-state index >= 15 is 0 Å². The number of hydrogen-bond donors (Lipinski definition) is 1. The number of fused-ring (bicyclic) bond motifs is 1. The van der Waals surface area contributed by atoms with Crippen molar-refractivity contribution in [2.45, 2.75) is 13.5 Å². The zero-order valence-corrected chi connectivity index (χ0v) is 23.4. The highest BCUT2D eigenvalue weighted by Gasteiger charge is 2.32. The molecule has 1 saturated heterocycles. The SMILES string of the molecule is COc1cc(/C=C2\SC(=S)N(Cc3ccc4c(c3)OCO4)C2=O)ccc1OCC(=O)Nc1cc(Cl)ccc1C. The molecule has 0 aliphatic carbocycles. The summed E-state index contributed by atoms with van der Waals surface area (Å²) in [6.45, 7) is 2.16. The fourth-order valence-corrected chi connectivity index (χ4v) is 5.39. The Labute approximate surface area is 239 Å². The van der Waals surface area contributed by atoms with Crippen LogP contribution in [0.3, 0.4) is 0 Å². The number of nitrogens with one attached hydrogen (secondary N) is 1. The van der Waals surface area contributed by atoms with E-state index in [1.807, 2.05) is 31.2 Å². The van der Waals surface area contributed by atoms with E-state index in [0.29, 0.717) is 49.5 Å². The minimum atomic E-state index is -0.336. The number of methoxy groups -OCH3 is 1. The largest absolute Gasteiger partial charge is 0.493 e. The molecule has 0 aromatic heterocycles. The lowest BCUT2D eigenvalue weighted by molar-refractivity contribution is -0.122. The van der Waals surface area contributed by atoms with Gasteiger partial charge in [-0.2, -0.15) is 0 Å². The smallest absolute Gasteiger partial charge is 0.266 e. The van der Waals surface area contributed by atoms with E-state index in [2.05, 4.69) is 5.32 Å². The van der Waals surface area contributed by atoms with Crippen molar-refractivity contribution in [2.24, 2.45) is 0 Å². The first-order valence-corrected chi connectivity index (χ1v) is 13.4. The van der Waals surface area contributed by atoms with Crippen LogP contribution >= 0.6 is 35.6 Å². The average molecular weight is 583 g/mol. The number of thiocarbonyl (C=S) groups is 1. The van der Waals surface area contributed by atoms with E-state index in [9.17, 15) is 9.59 Å². The summed E-state index contributed by atoms with van der Waals surface area (Å²) in [7, 11) is 1.51. The van der Waals surface area contributed by atoms with Crippen molar-refractivity contribution >= 4 is 63.5 Å².